The van der Waals surface area contributed by atoms with Gasteiger partial charge in [-0.05, 0) is 18.9 Å². The van der Waals surface area contributed by atoms with Crippen LogP contribution in [0, 0.1) is 17.5 Å². The van der Waals surface area contributed by atoms with Crippen molar-refractivity contribution >= 4 is 23.4 Å². The van der Waals surface area contributed by atoms with Crippen LogP contribution in [-0.2, 0) is 4.79 Å². The summed E-state index contributed by atoms with van der Waals surface area (Å²) in [7, 11) is 0. The second-order valence-corrected chi connectivity index (χ2v) is 4.55. The molecule has 0 aliphatic heterocycles. The molecular formula is C14H12ClF3O3. The van der Waals surface area contributed by atoms with Crippen molar-refractivity contribution in [2.45, 2.75) is 26.7 Å². The summed E-state index contributed by atoms with van der Waals surface area (Å²) in [6.45, 7) is 3.26. The Morgan fingerprint density at radius 3 is 2.10 bits per heavy atom. The number of carbonyl (C=O) groups is 2. The van der Waals surface area contributed by atoms with Crippen molar-refractivity contribution in [3.05, 3.63) is 45.3 Å². The molecule has 0 aliphatic rings. The average molecular weight is 321 g/mol. The molecule has 0 saturated heterocycles. The molecule has 0 heterocycles. The third-order valence-electron chi connectivity index (χ3n) is 3.00. The van der Waals surface area contributed by atoms with E-state index in [0.717, 1.165) is 0 Å². The summed E-state index contributed by atoms with van der Waals surface area (Å²) in [5.41, 5.74) is -1.29. The van der Waals surface area contributed by atoms with E-state index in [4.69, 9.17) is 16.7 Å². The van der Waals surface area contributed by atoms with Crippen molar-refractivity contribution in [3.63, 3.8) is 0 Å². The molecule has 1 aromatic carbocycles. The zero-order chi connectivity index (χ0) is 16.3. The van der Waals surface area contributed by atoms with Crippen molar-refractivity contribution in [3.8, 4) is 0 Å². The maximum absolute atomic E-state index is 13.8. The molecule has 1 N–H and O–H groups in total. The van der Waals surface area contributed by atoms with Gasteiger partial charge < -0.3 is 5.11 Å². The first-order valence-corrected chi connectivity index (χ1v) is 6.46. The van der Waals surface area contributed by atoms with E-state index in [1.54, 1.807) is 13.8 Å². The number of hydrogen-bond acceptors (Lipinski definition) is 2. The van der Waals surface area contributed by atoms with Gasteiger partial charge in [-0.15, -0.1) is 0 Å². The van der Waals surface area contributed by atoms with Crippen LogP contribution >= 0.6 is 11.6 Å². The summed E-state index contributed by atoms with van der Waals surface area (Å²) in [6, 6.07) is 0.310. The second kappa shape index (κ2) is 6.76. The molecule has 0 fully saturated rings. The van der Waals surface area contributed by atoms with Crippen LogP contribution in [0.1, 0.15) is 37.0 Å². The van der Waals surface area contributed by atoms with Gasteiger partial charge in [0.25, 0.3) is 0 Å². The maximum atomic E-state index is 13.8. The first-order valence-electron chi connectivity index (χ1n) is 6.09. The van der Waals surface area contributed by atoms with E-state index in [2.05, 4.69) is 0 Å². The molecule has 0 radical (unpaired) electrons. The number of halogens is 4. The fourth-order valence-corrected chi connectivity index (χ4v) is 2.08. The average Bonchev–Trinajstić information content (AvgIpc) is 2.45. The summed E-state index contributed by atoms with van der Waals surface area (Å²) in [5, 5.41) is 7.94. The summed E-state index contributed by atoms with van der Waals surface area (Å²) in [4.78, 5) is 23.4. The lowest BCUT2D eigenvalue weighted by atomic mass is 9.95. The largest absolute Gasteiger partial charge is 0.478 e. The van der Waals surface area contributed by atoms with Gasteiger partial charge in [-0.25, -0.2) is 18.0 Å². The highest BCUT2D eigenvalue weighted by Gasteiger charge is 2.28. The quantitative estimate of drug-likeness (QED) is 0.221. The first-order chi connectivity index (χ1) is 9.76. The van der Waals surface area contributed by atoms with E-state index < -0.39 is 45.4 Å². The van der Waals surface area contributed by atoms with Crippen LogP contribution in [0.15, 0.2) is 17.2 Å². The molecule has 0 aromatic heterocycles. The lowest BCUT2D eigenvalue weighted by Gasteiger charge is -2.10. The van der Waals surface area contributed by atoms with Crippen LogP contribution in [-0.4, -0.2) is 16.9 Å². The molecule has 1 rings (SSSR count). The molecular weight excluding hydrogens is 309 g/mol. The zero-order valence-electron chi connectivity index (χ0n) is 11.3. The summed E-state index contributed by atoms with van der Waals surface area (Å²) < 4.78 is 40.2. The minimum absolute atomic E-state index is 0.253. The topological polar surface area (TPSA) is 54.4 Å². The van der Waals surface area contributed by atoms with Gasteiger partial charge in [0.2, 0.25) is 5.78 Å². The molecule has 114 valence electrons. The summed E-state index contributed by atoms with van der Waals surface area (Å²) in [6.07, 6.45) is 0.506. The molecule has 1 aromatic rings. The van der Waals surface area contributed by atoms with Crippen molar-refractivity contribution in [1.29, 1.82) is 0 Å². The van der Waals surface area contributed by atoms with Crippen molar-refractivity contribution < 1.29 is 27.9 Å². The molecule has 0 atom stereocenters. The number of allylic oxidation sites excluding steroid dienone is 1. The van der Waals surface area contributed by atoms with E-state index in [1.165, 1.54) is 0 Å². The lowest BCUT2D eigenvalue weighted by molar-refractivity contribution is -0.132. The van der Waals surface area contributed by atoms with Crippen LogP contribution < -0.4 is 0 Å². The lowest BCUT2D eigenvalue weighted by Crippen LogP contribution is -2.17. The highest BCUT2D eigenvalue weighted by atomic mass is 35.5. The molecule has 0 amide bonds. The normalized spacial score (nSPS) is 10.4. The number of carbonyl (C=O) groups excluding carboxylic acids is 1. The van der Waals surface area contributed by atoms with Crippen LogP contribution in [0.2, 0.25) is 5.02 Å². The van der Waals surface area contributed by atoms with Crippen LogP contribution in [0.3, 0.4) is 0 Å². The molecule has 0 spiro atoms. The number of hydrogen-bond donors (Lipinski definition) is 1. The Hall–Kier alpha value is -1.82. The van der Waals surface area contributed by atoms with E-state index in [-0.39, 0.29) is 18.4 Å². The van der Waals surface area contributed by atoms with E-state index in [0.29, 0.717) is 6.07 Å². The fourth-order valence-electron chi connectivity index (χ4n) is 1.89. The molecule has 0 unspecified atom stereocenters. The predicted octanol–water partition coefficient (Wildman–Crippen LogP) is 4.14. The van der Waals surface area contributed by atoms with Crippen LogP contribution in [0.5, 0.6) is 0 Å². The smallest absolute Gasteiger partial charge is 0.339 e. The number of carboxylic acids is 1. The van der Waals surface area contributed by atoms with Crippen molar-refractivity contribution in [2.75, 3.05) is 0 Å². The Bertz CT molecular complexity index is 633. The molecule has 0 bridgehead atoms. The Labute approximate surface area is 124 Å². The van der Waals surface area contributed by atoms with Gasteiger partial charge in [-0.3, -0.25) is 4.79 Å². The Morgan fingerprint density at radius 1 is 1.14 bits per heavy atom. The monoisotopic (exact) mass is 320 g/mol. The number of carboxylic acid groups (broad SMARTS) is 1. The Morgan fingerprint density at radius 2 is 1.67 bits per heavy atom. The zero-order valence-corrected chi connectivity index (χ0v) is 12.0. The van der Waals surface area contributed by atoms with Gasteiger partial charge in [0.1, 0.15) is 10.6 Å². The van der Waals surface area contributed by atoms with Crippen molar-refractivity contribution in [2.24, 2.45) is 0 Å². The Kier molecular flexibility index (Phi) is 5.54. The fraction of sp³-hybridized carbons (Fsp3) is 0.286. The molecule has 21 heavy (non-hydrogen) atoms. The van der Waals surface area contributed by atoms with E-state index >= 15 is 0 Å². The maximum Gasteiger partial charge on any atom is 0.339 e. The molecule has 0 aliphatic carbocycles. The Balaban J connectivity index is 3.57. The van der Waals surface area contributed by atoms with Gasteiger partial charge in [0.15, 0.2) is 17.5 Å². The standard InChI is InChI=1S/C14H12ClF3O3/c1-3-6(4-2)9(14(20)21)13(19)7-5-8(16)12(18)10(15)11(7)17/h5H,3-4H2,1-2H3,(H,20,21). The van der Waals surface area contributed by atoms with Gasteiger partial charge in [-0.2, -0.15) is 0 Å². The third-order valence-corrected chi connectivity index (χ3v) is 3.33. The van der Waals surface area contributed by atoms with Crippen LogP contribution in [0.25, 0.3) is 0 Å². The van der Waals surface area contributed by atoms with E-state index in [9.17, 15) is 22.8 Å². The second-order valence-electron chi connectivity index (χ2n) is 4.17. The van der Waals surface area contributed by atoms with Gasteiger partial charge >= 0.3 is 5.97 Å². The van der Waals surface area contributed by atoms with Gasteiger partial charge in [-0.1, -0.05) is 31.0 Å². The van der Waals surface area contributed by atoms with Crippen LogP contribution in [0.4, 0.5) is 13.2 Å². The SMILES string of the molecule is CCC(CC)=C(C(=O)O)C(=O)c1cc(F)c(F)c(Cl)c1F. The minimum Gasteiger partial charge on any atom is -0.478 e. The number of ketones is 1. The first kappa shape index (κ1) is 17.2. The number of Topliss-reactive ketones (excluding diaryl/α,β-unsaturated/α-hetero) is 1. The van der Waals surface area contributed by atoms with Gasteiger partial charge in [0, 0.05) is 0 Å². The number of rotatable bonds is 5. The molecule has 7 heteroatoms. The predicted molar refractivity (Wildman–Crippen MR) is 70.9 cm³/mol. The minimum atomic E-state index is -1.63. The van der Waals surface area contributed by atoms with Gasteiger partial charge in [0.05, 0.1) is 5.56 Å². The highest BCUT2D eigenvalue weighted by Crippen LogP contribution is 2.27. The molecule has 0 saturated carbocycles. The summed E-state index contributed by atoms with van der Waals surface area (Å²) >= 11 is 5.26. The van der Waals surface area contributed by atoms with E-state index in [1.807, 2.05) is 0 Å². The van der Waals surface area contributed by atoms with Crippen molar-refractivity contribution in [1.82, 2.24) is 0 Å². The number of benzene rings is 1. The third kappa shape index (κ3) is 3.26. The highest BCUT2D eigenvalue weighted by molar-refractivity contribution is 6.32. The summed E-state index contributed by atoms with van der Waals surface area (Å²) in [5.74, 6) is -7.42. The molecule has 3 nitrogen and oxygen atoms in total. The number of aliphatic carboxylic acids is 1.